The smallest absolute Gasteiger partial charge is 0.135 e. The van der Waals surface area contributed by atoms with Crippen molar-refractivity contribution in [3.63, 3.8) is 0 Å². The van der Waals surface area contributed by atoms with E-state index in [0.717, 1.165) is 17.1 Å². The molecule has 0 atom stereocenters. The molecule has 3 aromatic rings. The zero-order valence-corrected chi connectivity index (χ0v) is 11.1. The van der Waals surface area contributed by atoms with Gasteiger partial charge in [0.1, 0.15) is 11.2 Å². The van der Waals surface area contributed by atoms with Crippen molar-refractivity contribution in [2.24, 2.45) is 0 Å². The minimum absolute atomic E-state index is 0.721. The molecule has 1 nitrogen and oxygen atoms in total. The van der Waals surface area contributed by atoms with Crippen LogP contribution in [-0.2, 0) is 0 Å². The van der Waals surface area contributed by atoms with Crippen LogP contribution >= 0.6 is 0 Å². The fraction of sp³-hybridized carbons (Fsp3) is 0.333. The number of hydrogen-bond donors (Lipinski definition) is 0. The maximum Gasteiger partial charge on any atom is 0.135 e. The number of hydrogen-bond acceptors (Lipinski definition) is 1. The van der Waals surface area contributed by atoms with Crippen molar-refractivity contribution in [1.82, 2.24) is 0 Å². The third-order valence-electron chi connectivity index (χ3n) is 4.48. The summed E-state index contributed by atoms with van der Waals surface area (Å²) in [5, 5.41) is 2.63. The first kappa shape index (κ1) is 11.1. The van der Waals surface area contributed by atoms with Crippen LogP contribution in [0.25, 0.3) is 21.9 Å². The number of rotatable bonds is 1. The zero-order chi connectivity index (χ0) is 12.7. The average molecular weight is 250 g/mol. The third kappa shape index (κ3) is 1.76. The molecule has 1 heterocycles. The molecule has 1 heteroatoms. The molecular weight excluding hydrogens is 232 g/mol. The first-order valence-electron chi connectivity index (χ1n) is 7.33. The summed E-state index contributed by atoms with van der Waals surface area (Å²) in [4.78, 5) is 0. The van der Waals surface area contributed by atoms with E-state index in [1.54, 1.807) is 0 Å². The third-order valence-corrected chi connectivity index (χ3v) is 4.48. The van der Waals surface area contributed by atoms with Crippen LogP contribution in [0.3, 0.4) is 0 Å². The lowest BCUT2D eigenvalue weighted by Gasteiger charge is -2.22. The van der Waals surface area contributed by atoms with Crippen LogP contribution in [0.15, 0.2) is 46.9 Å². The highest BCUT2D eigenvalue weighted by Gasteiger charge is 2.20. The van der Waals surface area contributed by atoms with E-state index < -0.39 is 0 Å². The molecule has 0 aliphatic heterocycles. The van der Waals surface area contributed by atoms with Gasteiger partial charge in [-0.05, 0) is 36.5 Å². The summed E-state index contributed by atoms with van der Waals surface area (Å²) in [5.41, 5.74) is 3.56. The fourth-order valence-corrected chi connectivity index (χ4v) is 3.56. The Hall–Kier alpha value is -1.76. The Morgan fingerprint density at radius 3 is 2.47 bits per heavy atom. The number of benzene rings is 2. The van der Waals surface area contributed by atoms with Crippen LogP contribution in [0.5, 0.6) is 0 Å². The molecule has 1 fully saturated rings. The van der Waals surface area contributed by atoms with Gasteiger partial charge < -0.3 is 4.42 Å². The molecule has 4 rings (SSSR count). The molecule has 2 aromatic carbocycles. The highest BCUT2D eigenvalue weighted by molar-refractivity contribution is 6.06. The SMILES string of the molecule is c1ccc2c(c1)oc1cccc(C3CCCCC3)c12. The molecule has 0 amide bonds. The minimum atomic E-state index is 0.721. The Morgan fingerprint density at radius 2 is 1.58 bits per heavy atom. The topological polar surface area (TPSA) is 13.1 Å². The van der Waals surface area contributed by atoms with Crippen LogP contribution in [0.4, 0.5) is 0 Å². The second-order valence-electron chi connectivity index (χ2n) is 5.65. The second-order valence-corrected chi connectivity index (χ2v) is 5.65. The van der Waals surface area contributed by atoms with Gasteiger partial charge in [0.25, 0.3) is 0 Å². The molecular formula is C18H18O. The first-order chi connectivity index (χ1) is 9.43. The Balaban J connectivity index is 1.98. The number of furan rings is 1. The van der Waals surface area contributed by atoms with E-state index in [1.807, 2.05) is 6.07 Å². The van der Waals surface area contributed by atoms with E-state index in [9.17, 15) is 0 Å². The maximum atomic E-state index is 5.98. The van der Waals surface area contributed by atoms with E-state index in [1.165, 1.54) is 48.4 Å². The molecule has 0 radical (unpaired) electrons. The Labute approximate surface area is 113 Å². The Bertz CT molecular complexity index is 717. The van der Waals surface area contributed by atoms with Crippen molar-refractivity contribution in [2.45, 2.75) is 38.0 Å². The van der Waals surface area contributed by atoms with E-state index >= 15 is 0 Å². The lowest BCUT2D eigenvalue weighted by molar-refractivity contribution is 0.445. The van der Waals surface area contributed by atoms with E-state index in [0.29, 0.717) is 0 Å². The van der Waals surface area contributed by atoms with Gasteiger partial charge in [0.15, 0.2) is 0 Å². The average Bonchev–Trinajstić information content (AvgIpc) is 2.86. The number of para-hydroxylation sites is 1. The fourth-order valence-electron chi connectivity index (χ4n) is 3.56. The summed E-state index contributed by atoms with van der Waals surface area (Å²) in [6, 6.07) is 15.0. The molecule has 96 valence electrons. The van der Waals surface area contributed by atoms with E-state index in [2.05, 4.69) is 36.4 Å². The predicted molar refractivity (Wildman–Crippen MR) is 79.5 cm³/mol. The first-order valence-corrected chi connectivity index (χ1v) is 7.33. The summed E-state index contributed by atoms with van der Waals surface area (Å²) in [5.74, 6) is 0.721. The maximum absolute atomic E-state index is 5.98. The minimum Gasteiger partial charge on any atom is -0.456 e. The van der Waals surface area contributed by atoms with E-state index in [-0.39, 0.29) is 0 Å². The van der Waals surface area contributed by atoms with Crippen LogP contribution in [-0.4, -0.2) is 0 Å². The van der Waals surface area contributed by atoms with E-state index in [4.69, 9.17) is 4.42 Å². The lowest BCUT2D eigenvalue weighted by Crippen LogP contribution is -2.04. The van der Waals surface area contributed by atoms with Crippen molar-refractivity contribution in [3.8, 4) is 0 Å². The van der Waals surface area contributed by atoms with Gasteiger partial charge in [-0.25, -0.2) is 0 Å². The molecule has 0 spiro atoms. The molecule has 1 aromatic heterocycles. The van der Waals surface area contributed by atoms with Crippen molar-refractivity contribution in [1.29, 1.82) is 0 Å². The summed E-state index contributed by atoms with van der Waals surface area (Å²) in [7, 11) is 0. The number of fused-ring (bicyclic) bond motifs is 3. The van der Waals surface area contributed by atoms with Gasteiger partial charge in [-0.1, -0.05) is 49.6 Å². The molecule has 19 heavy (non-hydrogen) atoms. The summed E-state index contributed by atoms with van der Waals surface area (Å²) in [6.07, 6.45) is 6.81. The molecule has 0 N–H and O–H groups in total. The lowest BCUT2D eigenvalue weighted by atomic mass is 9.82. The second kappa shape index (κ2) is 4.41. The zero-order valence-electron chi connectivity index (χ0n) is 11.1. The van der Waals surface area contributed by atoms with Gasteiger partial charge >= 0.3 is 0 Å². The van der Waals surface area contributed by atoms with Crippen LogP contribution in [0, 0.1) is 0 Å². The van der Waals surface area contributed by atoms with Gasteiger partial charge in [0.2, 0.25) is 0 Å². The molecule has 0 saturated heterocycles. The largest absolute Gasteiger partial charge is 0.456 e. The molecule has 0 bridgehead atoms. The Morgan fingerprint density at radius 1 is 0.789 bits per heavy atom. The molecule has 1 saturated carbocycles. The summed E-state index contributed by atoms with van der Waals surface area (Å²) < 4.78 is 5.98. The molecule has 1 aliphatic carbocycles. The van der Waals surface area contributed by atoms with Crippen molar-refractivity contribution in [2.75, 3.05) is 0 Å². The normalized spacial score (nSPS) is 17.3. The predicted octanol–water partition coefficient (Wildman–Crippen LogP) is 5.63. The van der Waals surface area contributed by atoms with Crippen molar-refractivity contribution < 1.29 is 4.42 Å². The highest BCUT2D eigenvalue weighted by Crippen LogP contribution is 2.40. The van der Waals surface area contributed by atoms with Crippen LogP contribution in [0.2, 0.25) is 0 Å². The van der Waals surface area contributed by atoms with Crippen LogP contribution < -0.4 is 0 Å². The molecule has 1 aliphatic rings. The van der Waals surface area contributed by atoms with Crippen molar-refractivity contribution in [3.05, 3.63) is 48.0 Å². The summed E-state index contributed by atoms with van der Waals surface area (Å²) >= 11 is 0. The van der Waals surface area contributed by atoms with Gasteiger partial charge in [-0.3, -0.25) is 0 Å². The Kier molecular flexibility index (Phi) is 2.58. The van der Waals surface area contributed by atoms with Gasteiger partial charge in [0.05, 0.1) is 0 Å². The quantitative estimate of drug-likeness (QED) is 0.545. The molecule has 0 unspecified atom stereocenters. The van der Waals surface area contributed by atoms with Crippen LogP contribution in [0.1, 0.15) is 43.6 Å². The highest BCUT2D eigenvalue weighted by atomic mass is 16.3. The van der Waals surface area contributed by atoms with Crippen molar-refractivity contribution >= 4 is 21.9 Å². The van der Waals surface area contributed by atoms with Gasteiger partial charge in [-0.2, -0.15) is 0 Å². The summed E-state index contributed by atoms with van der Waals surface area (Å²) in [6.45, 7) is 0. The standard InChI is InChI=1S/C18H18O/c1-2-7-13(8-3-1)14-10-6-12-17-18(14)15-9-4-5-11-16(15)19-17/h4-6,9-13H,1-3,7-8H2. The van der Waals surface area contributed by atoms with Gasteiger partial charge in [-0.15, -0.1) is 0 Å². The monoisotopic (exact) mass is 250 g/mol. The van der Waals surface area contributed by atoms with Gasteiger partial charge in [0, 0.05) is 10.8 Å².